The molecule has 1 N–H and O–H groups in total. The van der Waals surface area contributed by atoms with Gasteiger partial charge in [0.2, 0.25) is 0 Å². The summed E-state index contributed by atoms with van der Waals surface area (Å²) in [5, 5.41) is 3.70. The molecule has 1 aliphatic rings. The third-order valence-corrected chi connectivity index (χ3v) is 4.55. The third-order valence-electron chi connectivity index (χ3n) is 3.61. The number of nitrogens with one attached hydrogen (secondary N) is 1. The van der Waals surface area contributed by atoms with E-state index < -0.39 is 0 Å². The van der Waals surface area contributed by atoms with Gasteiger partial charge in [-0.25, -0.2) is 0 Å². The van der Waals surface area contributed by atoms with Gasteiger partial charge in [0.05, 0.1) is 0 Å². The number of nitrogens with zero attached hydrogens (tertiary/aromatic N) is 1. The molecule has 1 atom stereocenters. The molecule has 1 saturated heterocycles. The minimum atomic E-state index is 0.229. The maximum absolute atomic E-state index is 3.70. The highest BCUT2D eigenvalue weighted by atomic mass is 32.2. The zero-order chi connectivity index (χ0) is 13.6. The molecule has 0 aromatic rings. The summed E-state index contributed by atoms with van der Waals surface area (Å²) in [7, 11) is 0. The smallest absolute Gasteiger partial charge is 0.00967 e. The summed E-state index contributed by atoms with van der Waals surface area (Å²) in [5.74, 6) is 2.63. The fraction of sp³-hybridized carbons (Fsp3) is 1.00. The van der Waals surface area contributed by atoms with Crippen molar-refractivity contribution in [2.45, 2.75) is 53.0 Å². The van der Waals surface area contributed by atoms with Crippen LogP contribution in [0.3, 0.4) is 0 Å². The summed E-state index contributed by atoms with van der Waals surface area (Å²) in [6.07, 6.45) is 2.60. The lowest BCUT2D eigenvalue weighted by atomic mass is 9.84. The second-order valence-electron chi connectivity index (χ2n) is 7.05. The molecule has 0 aliphatic carbocycles. The summed E-state index contributed by atoms with van der Waals surface area (Å²) < 4.78 is 0. The average molecular weight is 273 g/mol. The van der Waals surface area contributed by atoms with E-state index in [2.05, 4.69) is 56.6 Å². The lowest BCUT2D eigenvalue weighted by molar-refractivity contribution is 0.149. The van der Waals surface area contributed by atoms with E-state index in [-0.39, 0.29) is 5.54 Å². The zero-order valence-corrected chi connectivity index (χ0v) is 13.8. The van der Waals surface area contributed by atoms with Crippen molar-refractivity contribution in [3.63, 3.8) is 0 Å². The predicted molar refractivity (Wildman–Crippen MR) is 84.5 cm³/mol. The fourth-order valence-corrected chi connectivity index (χ4v) is 3.58. The van der Waals surface area contributed by atoms with Crippen LogP contribution >= 0.6 is 11.8 Å². The Morgan fingerprint density at radius 2 is 1.72 bits per heavy atom. The molecular formula is C15H32N2S. The van der Waals surface area contributed by atoms with Gasteiger partial charge in [-0.3, -0.25) is 0 Å². The molecule has 1 fully saturated rings. The predicted octanol–water partition coefficient (Wildman–Crippen LogP) is 3.23. The summed E-state index contributed by atoms with van der Waals surface area (Å²) in [4.78, 5) is 2.66. The number of rotatable bonds is 6. The first-order valence-electron chi connectivity index (χ1n) is 7.40. The molecule has 0 aromatic carbocycles. The van der Waals surface area contributed by atoms with Gasteiger partial charge in [0.15, 0.2) is 0 Å². The van der Waals surface area contributed by atoms with Gasteiger partial charge in [-0.15, -0.1) is 0 Å². The van der Waals surface area contributed by atoms with E-state index in [0.29, 0.717) is 5.41 Å². The Bertz CT molecular complexity index is 231. The molecule has 1 aliphatic heterocycles. The van der Waals surface area contributed by atoms with E-state index in [9.17, 15) is 0 Å². The van der Waals surface area contributed by atoms with Crippen LogP contribution in [0.2, 0.25) is 0 Å². The lowest BCUT2D eigenvalue weighted by Gasteiger charge is -2.39. The van der Waals surface area contributed by atoms with Crippen LogP contribution in [0.15, 0.2) is 0 Å². The molecular weight excluding hydrogens is 240 g/mol. The van der Waals surface area contributed by atoms with Crippen LogP contribution in [0.25, 0.3) is 0 Å². The van der Waals surface area contributed by atoms with Crippen LogP contribution in [-0.4, -0.2) is 48.1 Å². The van der Waals surface area contributed by atoms with Crippen LogP contribution < -0.4 is 5.32 Å². The Kier molecular flexibility index (Phi) is 6.49. The monoisotopic (exact) mass is 272 g/mol. The first kappa shape index (κ1) is 16.3. The molecule has 0 bridgehead atoms. The Labute approximate surface area is 118 Å². The average Bonchev–Trinajstić information content (AvgIpc) is 2.27. The molecule has 1 heterocycles. The summed E-state index contributed by atoms with van der Waals surface area (Å²) in [6, 6.07) is 0. The van der Waals surface area contributed by atoms with E-state index in [0.717, 1.165) is 6.54 Å². The second kappa shape index (κ2) is 7.16. The topological polar surface area (TPSA) is 15.3 Å². The van der Waals surface area contributed by atoms with Gasteiger partial charge in [0, 0.05) is 43.2 Å². The minimum absolute atomic E-state index is 0.229. The van der Waals surface area contributed by atoms with Crippen molar-refractivity contribution >= 4 is 11.8 Å². The van der Waals surface area contributed by atoms with Crippen LogP contribution in [0.5, 0.6) is 0 Å². The number of hydrogen-bond donors (Lipinski definition) is 1. The Morgan fingerprint density at radius 3 is 2.22 bits per heavy atom. The van der Waals surface area contributed by atoms with Gasteiger partial charge in [0.1, 0.15) is 0 Å². The van der Waals surface area contributed by atoms with Gasteiger partial charge >= 0.3 is 0 Å². The maximum Gasteiger partial charge on any atom is 0.00967 e. The minimum Gasteiger partial charge on any atom is -0.311 e. The molecule has 0 saturated carbocycles. The van der Waals surface area contributed by atoms with Crippen LogP contribution in [-0.2, 0) is 0 Å². The number of thioether (sulfide) groups is 1. The standard InChI is InChI=1S/C15H32N2S/c1-6-7-15(5,12-16-14(2,3)4)13-17-8-10-18-11-9-17/h16H,6-13H2,1-5H3. The van der Waals surface area contributed by atoms with Crippen molar-refractivity contribution in [1.29, 1.82) is 0 Å². The molecule has 108 valence electrons. The highest BCUT2D eigenvalue weighted by Gasteiger charge is 2.28. The normalized spacial score (nSPS) is 21.8. The van der Waals surface area contributed by atoms with Crippen LogP contribution in [0.1, 0.15) is 47.5 Å². The molecule has 0 amide bonds. The van der Waals surface area contributed by atoms with Gasteiger partial charge in [0.25, 0.3) is 0 Å². The van der Waals surface area contributed by atoms with Gasteiger partial charge in [-0.1, -0.05) is 20.3 Å². The molecule has 3 heteroatoms. The fourth-order valence-electron chi connectivity index (χ4n) is 2.60. The number of hydrogen-bond acceptors (Lipinski definition) is 3. The Hall–Kier alpha value is 0.270. The lowest BCUT2D eigenvalue weighted by Crippen LogP contribution is -2.49. The Balaban J connectivity index is 2.49. The van der Waals surface area contributed by atoms with Crippen molar-refractivity contribution in [3.05, 3.63) is 0 Å². The van der Waals surface area contributed by atoms with Gasteiger partial charge in [-0.2, -0.15) is 11.8 Å². The molecule has 2 nitrogen and oxygen atoms in total. The summed E-state index contributed by atoms with van der Waals surface area (Å²) >= 11 is 2.10. The molecule has 1 unspecified atom stereocenters. The summed E-state index contributed by atoms with van der Waals surface area (Å²) in [5.41, 5.74) is 0.650. The molecule has 18 heavy (non-hydrogen) atoms. The first-order valence-corrected chi connectivity index (χ1v) is 8.55. The maximum atomic E-state index is 3.70. The Morgan fingerprint density at radius 1 is 1.11 bits per heavy atom. The van der Waals surface area contributed by atoms with Gasteiger partial charge < -0.3 is 10.2 Å². The van der Waals surface area contributed by atoms with Crippen LogP contribution in [0, 0.1) is 5.41 Å². The molecule has 1 rings (SSSR count). The van der Waals surface area contributed by atoms with Crippen molar-refractivity contribution in [3.8, 4) is 0 Å². The van der Waals surface area contributed by atoms with E-state index in [1.54, 1.807) is 0 Å². The highest BCUT2D eigenvalue weighted by molar-refractivity contribution is 7.99. The highest BCUT2D eigenvalue weighted by Crippen LogP contribution is 2.26. The van der Waals surface area contributed by atoms with E-state index in [1.165, 1.54) is 44.0 Å². The largest absolute Gasteiger partial charge is 0.311 e. The van der Waals surface area contributed by atoms with Crippen molar-refractivity contribution in [2.75, 3.05) is 37.7 Å². The van der Waals surface area contributed by atoms with Crippen LogP contribution in [0.4, 0.5) is 0 Å². The third kappa shape index (κ3) is 6.44. The van der Waals surface area contributed by atoms with Crippen molar-refractivity contribution in [2.24, 2.45) is 5.41 Å². The van der Waals surface area contributed by atoms with Crippen molar-refractivity contribution in [1.82, 2.24) is 10.2 Å². The van der Waals surface area contributed by atoms with Crippen molar-refractivity contribution < 1.29 is 0 Å². The zero-order valence-electron chi connectivity index (χ0n) is 13.0. The first-order chi connectivity index (χ1) is 8.35. The van der Waals surface area contributed by atoms with Gasteiger partial charge in [-0.05, 0) is 32.6 Å². The van der Waals surface area contributed by atoms with E-state index >= 15 is 0 Å². The van der Waals surface area contributed by atoms with E-state index in [1.807, 2.05) is 0 Å². The SMILES string of the molecule is CCCC(C)(CNC(C)(C)C)CN1CCSCC1. The van der Waals surface area contributed by atoms with E-state index in [4.69, 9.17) is 0 Å². The molecule has 0 spiro atoms. The molecule has 0 radical (unpaired) electrons. The quantitative estimate of drug-likeness (QED) is 0.799. The second-order valence-corrected chi connectivity index (χ2v) is 8.28. The molecule has 0 aromatic heterocycles. The summed E-state index contributed by atoms with van der Waals surface area (Å²) in [6.45, 7) is 16.5.